The summed E-state index contributed by atoms with van der Waals surface area (Å²) in [6.45, 7) is 3.21. The van der Waals surface area contributed by atoms with Gasteiger partial charge in [-0.2, -0.15) is 0 Å². The van der Waals surface area contributed by atoms with Gasteiger partial charge in [0.15, 0.2) is 0 Å². The highest BCUT2D eigenvalue weighted by atomic mass is 19.1. The molecule has 0 radical (unpaired) electrons. The number of hydrogen-bond acceptors (Lipinski definition) is 4. The SMILES string of the molecule is COc1ccc(-c2ccc(F)cc2)cc1CNC1CCN(C(=O)CNC(C)=O)CC1c1ccccc1. The van der Waals surface area contributed by atoms with Crippen LogP contribution < -0.4 is 15.4 Å². The van der Waals surface area contributed by atoms with E-state index in [1.165, 1.54) is 24.6 Å². The first-order valence-electron chi connectivity index (χ1n) is 12.2. The fourth-order valence-corrected chi connectivity index (χ4v) is 4.75. The van der Waals surface area contributed by atoms with Gasteiger partial charge in [0.2, 0.25) is 11.8 Å². The van der Waals surface area contributed by atoms with Gasteiger partial charge in [0.1, 0.15) is 11.6 Å². The molecule has 2 unspecified atom stereocenters. The predicted molar refractivity (Wildman–Crippen MR) is 138 cm³/mol. The van der Waals surface area contributed by atoms with Crippen molar-refractivity contribution in [3.63, 3.8) is 0 Å². The van der Waals surface area contributed by atoms with Gasteiger partial charge in [-0.15, -0.1) is 0 Å². The lowest BCUT2D eigenvalue weighted by molar-refractivity contribution is -0.133. The minimum Gasteiger partial charge on any atom is -0.496 e. The van der Waals surface area contributed by atoms with E-state index in [4.69, 9.17) is 4.74 Å². The van der Waals surface area contributed by atoms with Gasteiger partial charge in [0.05, 0.1) is 13.7 Å². The van der Waals surface area contributed by atoms with E-state index in [9.17, 15) is 14.0 Å². The molecule has 7 heteroatoms. The number of halogens is 1. The number of likely N-dealkylation sites (tertiary alicyclic amines) is 1. The first-order chi connectivity index (χ1) is 17.4. The smallest absolute Gasteiger partial charge is 0.241 e. The van der Waals surface area contributed by atoms with Crippen LogP contribution >= 0.6 is 0 Å². The average Bonchev–Trinajstić information content (AvgIpc) is 2.91. The summed E-state index contributed by atoms with van der Waals surface area (Å²) in [7, 11) is 1.66. The van der Waals surface area contributed by atoms with E-state index in [0.29, 0.717) is 19.6 Å². The van der Waals surface area contributed by atoms with Crippen LogP contribution in [0.3, 0.4) is 0 Å². The van der Waals surface area contributed by atoms with E-state index in [1.54, 1.807) is 19.2 Å². The van der Waals surface area contributed by atoms with Crippen molar-refractivity contribution in [3.8, 4) is 16.9 Å². The molecule has 1 aliphatic rings. The van der Waals surface area contributed by atoms with Gasteiger partial charge in [0, 0.05) is 44.1 Å². The van der Waals surface area contributed by atoms with E-state index < -0.39 is 0 Å². The number of piperidine rings is 1. The van der Waals surface area contributed by atoms with Crippen molar-refractivity contribution in [2.45, 2.75) is 31.8 Å². The molecule has 1 saturated heterocycles. The third-order valence-electron chi connectivity index (χ3n) is 6.69. The summed E-state index contributed by atoms with van der Waals surface area (Å²) in [5, 5.41) is 6.32. The Bertz CT molecular complexity index is 1180. The quantitative estimate of drug-likeness (QED) is 0.500. The van der Waals surface area contributed by atoms with E-state index in [0.717, 1.165) is 28.9 Å². The second kappa shape index (κ2) is 11.8. The highest BCUT2D eigenvalue weighted by Crippen LogP contribution is 2.30. The number of nitrogens with one attached hydrogen (secondary N) is 2. The fraction of sp³-hybridized carbons (Fsp3) is 0.310. The van der Waals surface area contributed by atoms with Crippen LogP contribution in [-0.2, 0) is 16.1 Å². The van der Waals surface area contributed by atoms with Crippen LogP contribution in [0, 0.1) is 5.82 Å². The number of carbonyl (C=O) groups is 2. The number of methoxy groups -OCH3 is 1. The van der Waals surface area contributed by atoms with E-state index in [1.807, 2.05) is 35.2 Å². The number of benzene rings is 3. The van der Waals surface area contributed by atoms with Gasteiger partial charge >= 0.3 is 0 Å². The molecule has 1 aliphatic heterocycles. The summed E-state index contributed by atoms with van der Waals surface area (Å²) in [5.41, 5.74) is 4.11. The minimum absolute atomic E-state index is 0.0162. The van der Waals surface area contributed by atoms with E-state index in [2.05, 4.69) is 28.8 Å². The lowest BCUT2D eigenvalue weighted by atomic mass is 9.85. The van der Waals surface area contributed by atoms with Crippen molar-refractivity contribution >= 4 is 11.8 Å². The summed E-state index contributed by atoms with van der Waals surface area (Å²) < 4.78 is 19.0. The maximum Gasteiger partial charge on any atom is 0.241 e. The van der Waals surface area contributed by atoms with Crippen LogP contribution in [0.5, 0.6) is 5.75 Å². The number of hydrogen-bond donors (Lipinski definition) is 2. The number of nitrogens with zero attached hydrogens (tertiary/aromatic N) is 1. The maximum absolute atomic E-state index is 13.4. The molecule has 188 valence electrons. The molecule has 3 aromatic carbocycles. The zero-order chi connectivity index (χ0) is 25.5. The molecule has 36 heavy (non-hydrogen) atoms. The molecule has 0 saturated carbocycles. The molecule has 2 amide bonds. The van der Waals surface area contributed by atoms with E-state index >= 15 is 0 Å². The highest BCUT2D eigenvalue weighted by Gasteiger charge is 2.32. The van der Waals surface area contributed by atoms with Crippen LogP contribution in [0.4, 0.5) is 4.39 Å². The topological polar surface area (TPSA) is 70.7 Å². The molecule has 0 bridgehead atoms. The summed E-state index contributed by atoms with van der Waals surface area (Å²) in [6, 6.07) is 22.8. The van der Waals surface area contributed by atoms with Crippen molar-refractivity contribution in [2.75, 3.05) is 26.7 Å². The molecule has 0 aromatic heterocycles. The molecule has 6 nitrogen and oxygen atoms in total. The molecule has 0 spiro atoms. The molecule has 1 fully saturated rings. The molecule has 2 atom stereocenters. The van der Waals surface area contributed by atoms with Crippen LogP contribution in [-0.4, -0.2) is 49.5 Å². The Morgan fingerprint density at radius 2 is 1.75 bits per heavy atom. The van der Waals surface area contributed by atoms with Gasteiger partial charge in [-0.1, -0.05) is 48.5 Å². The Morgan fingerprint density at radius 3 is 2.44 bits per heavy atom. The van der Waals surface area contributed by atoms with Crippen molar-refractivity contribution in [1.82, 2.24) is 15.5 Å². The van der Waals surface area contributed by atoms with Gasteiger partial charge in [0.25, 0.3) is 0 Å². The molecule has 1 heterocycles. The van der Waals surface area contributed by atoms with Gasteiger partial charge in [-0.25, -0.2) is 4.39 Å². The standard InChI is InChI=1S/C29H32FN3O3/c1-20(34)31-18-29(35)33-15-14-27(26(19-33)22-6-4-3-5-7-22)32-17-24-16-23(10-13-28(24)36-2)21-8-11-25(30)12-9-21/h3-13,16,26-27,32H,14-15,17-19H2,1-2H3,(H,31,34). The monoisotopic (exact) mass is 489 g/mol. The summed E-state index contributed by atoms with van der Waals surface area (Å²) in [4.78, 5) is 25.8. The predicted octanol–water partition coefficient (Wildman–Crippen LogP) is 4.11. The van der Waals surface area contributed by atoms with Crippen molar-refractivity contribution in [2.24, 2.45) is 0 Å². The first kappa shape index (κ1) is 25.4. The summed E-state index contributed by atoms with van der Waals surface area (Å²) in [6.07, 6.45) is 0.783. The van der Waals surface area contributed by atoms with Crippen LogP contribution in [0.25, 0.3) is 11.1 Å². The van der Waals surface area contributed by atoms with Crippen molar-refractivity contribution < 1.29 is 18.7 Å². The Balaban J connectivity index is 1.51. The van der Waals surface area contributed by atoms with Crippen LogP contribution in [0.1, 0.15) is 30.4 Å². The third-order valence-corrected chi connectivity index (χ3v) is 6.69. The largest absolute Gasteiger partial charge is 0.496 e. The Labute approximate surface area is 211 Å². The molecule has 2 N–H and O–H groups in total. The highest BCUT2D eigenvalue weighted by molar-refractivity contribution is 5.83. The fourth-order valence-electron chi connectivity index (χ4n) is 4.75. The Kier molecular flexibility index (Phi) is 8.33. The number of amides is 2. The third kappa shape index (κ3) is 6.29. The minimum atomic E-state index is -0.261. The lowest BCUT2D eigenvalue weighted by Crippen LogP contribution is -2.51. The maximum atomic E-state index is 13.4. The number of carbonyl (C=O) groups excluding carboxylic acids is 2. The van der Waals surface area contributed by atoms with Crippen LogP contribution in [0.2, 0.25) is 0 Å². The normalized spacial score (nSPS) is 17.5. The zero-order valence-electron chi connectivity index (χ0n) is 20.7. The Morgan fingerprint density at radius 1 is 1.03 bits per heavy atom. The molecular weight excluding hydrogens is 457 g/mol. The van der Waals surface area contributed by atoms with Crippen LogP contribution in [0.15, 0.2) is 72.8 Å². The first-order valence-corrected chi connectivity index (χ1v) is 12.2. The molecule has 0 aliphatic carbocycles. The number of rotatable bonds is 8. The van der Waals surface area contributed by atoms with Crippen molar-refractivity contribution in [1.29, 1.82) is 0 Å². The lowest BCUT2D eigenvalue weighted by Gasteiger charge is -2.39. The second-order valence-electron chi connectivity index (χ2n) is 9.08. The molecule has 4 rings (SSSR count). The summed E-state index contributed by atoms with van der Waals surface area (Å²) >= 11 is 0. The van der Waals surface area contributed by atoms with Gasteiger partial charge in [-0.05, 0) is 47.4 Å². The molecular formula is C29H32FN3O3. The zero-order valence-corrected chi connectivity index (χ0v) is 20.7. The molecule has 3 aromatic rings. The van der Waals surface area contributed by atoms with E-state index in [-0.39, 0.29) is 36.1 Å². The second-order valence-corrected chi connectivity index (χ2v) is 9.08. The summed E-state index contributed by atoms with van der Waals surface area (Å²) in [5.74, 6) is 0.345. The van der Waals surface area contributed by atoms with Gasteiger partial charge < -0.3 is 20.3 Å². The number of ether oxygens (including phenoxy) is 1. The van der Waals surface area contributed by atoms with Crippen molar-refractivity contribution in [3.05, 3.63) is 89.7 Å². The van der Waals surface area contributed by atoms with Gasteiger partial charge in [-0.3, -0.25) is 9.59 Å². The Hall–Kier alpha value is -3.71. The average molecular weight is 490 g/mol.